The van der Waals surface area contributed by atoms with Crippen molar-refractivity contribution >= 4 is 17.4 Å². The summed E-state index contributed by atoms with van der Waals surface area (Å²) in [6, 6.07) is 0.238. The predicted octanol–water partition coefficient (Wildman–Crippen LogP) is 0.779. The van der Waals surface area contributed by atoms with E-state index in [0.717, 1.165) is 18.5 Å². The van der Waals surface area contributed by atoms with Crippen molar-refractivity contribution < 1.29 is 4.79 Å². The SMILES string of the molecule is CCCc1nnsc1C(=O)N1CC(n2ccnn2)C1. The third-order valence-electron chi connectivity index (χ3n) is 3.20. The zero-order valence-corrected chi connectivity index (χ0v) is 11.4. The van der Waals surface area contributed by atoms with Crippen LogP contribution in [-0.4, -0.2) is 48.5 Å². The first kappa shape index (κ1) is 12.2. The van der Waals surface area contributed by atoms with Crippen LogP contribution in [-0.2, 0) is 6.42 Å². The Kier molecular flexibility index (Phi) is 3.24. The van der Waals surface area contributed by atoms with E-state index >= 15 is 0 Å². The van der Waals surface area contributed by atoms with Crippen molar-refractivity contribution in [3.8, 4) is 0 Å². The summed E-state index contributed by atoms with van der Waals surface area (Å²) in [5.74, 6) is 0.0369. The molecule has 0 aromatic carbocycles. The van der Waals surface area contributed by atoms with Gasteiger partial charge in [0.2, 0.25) is 0 Å². The molecule has 3 heterocycles. The van der Waals surface area contributed by atoms with Gasteiger partial charge in [-0.2, -0.15) is 0 Å². The lowest BCUT2D eigenvalue weighted by Crippen LogP contribution is -2.50. The van der Waals surface area contributed by atoms with E-state index in [-0.39, 0.29) is 11.9 Å². The fraction of sp³-hybridized carbons (Fsp3) is 0.545. The molecule has 3 rings (SSSR count). The monoisotopic (exact) mass is 278 g/mol. The van der Waals surface area contributed by atoms with Gasteiger partial charge in [0.25, 0.3) is 5.91 Å². The second kappa shape index (κ2) is 5.04. The largest absolute Gasteiger partial charge is 0.333 e. The van der Waals surface area contributed by atoms with Gasteiger partial charge in [0, 0.05) is 19.3 Å². The average molecular weight is 278 g/mol. The van der Waals surface area contributed by atoms with E-state index in [1.807, 2.05) is 6.20 Å². The number of aromatic nitrogens is 5. The summed E-state index contributed by atoms with van der Waals surface area (Å²) < 4.78 is 5.68. The number of hydrogen-bond acceptors (Lipinski definition) is 6. The highest BCUT2D eigenvalue weighted by atomic mass is 32.1. The second-order valence-electron chi connectivity index (χ2n) is 4.55. The van der Waals surface area contributed by atoms with E-state index in [2.05, 4.69) is 26.8 Å². The van der Waals surface area contributed by atoms with Crippen LogP contribution in [0.15, 0.2) is 12.4 Å². The fourth-order valence-corrected chi connectivity index (χ4v) is 2.79. The van der Waals surface area contributed by atoms with Crippen molar-refractivity contribution in [1.82, 2.24) is 29.5 Å². The number of aryl methyl sites for hydroxylation is 1. The van der Waals surface area contributed by atoms with E-state index in [0.29, 0.717) is 18.0 Å². The van der Waals surface area contributed by atoms with Gasteiger partial charge in [-0.25, -0.2) is 4.68 Å². The van der Waals surface area contributed by atoms with Crippen molar-refractivity contribution in [3.63, 3.8) is 0 Å². The van der Waals surface area contributed by atoms with Gasteiger partial charge in [-0.15, -0.1) is 10.2 Å². The molecule has 0 saturated carbocycles. The lowest BCUT2D eigenvalue weighted by molar-refractivity contribution is 0.0502. The van der Waals surface area contributed by atoms with Crippen LogP contribution in [0.1, 0.15) is 34.8 Å². The smallest absolute Gasteiger partial charge is 0.267 e. The van der Waals surface area contributed by atoms with Crippen molar-refractivity contribution in [2.45, 2.75) is 25.8 Å². The summed E-state index contributed by atoms with van der Waals surface area (Å²) in [5, 5.41) is 11.8. The Balaban J connectivity index is 1.65. The molecule has 1 fully saturated rings. The molecule has 0 N–H and O–H groups in total. The maximum Gasteiger partial charge on any atom is 0.267 e. The van der Waals surface area contributed by atoms with Gasteiger partial charge < -0.3 is 4.90 Å². The first-order valence-electron chi connectivity index (χ1n) is 6.26. The minimum absolute atomic E-state index is 0.0369. The molecule has 0 radical (unpaired) electrons. The molecule has 19 heavy (non-hydrogen) atoms. The Labute approximate surface area is 114 Å². The quantitative estimate of drug-likeness (QED) is 0.826. The van der Waals surface area contributed by atoms with Gasteiger partial charge in [-0.3, -0.25) is 4.79 Å². The van der Waals surface area contributed by atoms with Crippen LogP contribution < -0.4 is 0 Å². The number of carbonyl (C=O) groups excluding carboxylic acids is 1. The van der Waals surface area contributed by atoms with Crippen LogP contribution in [0.2, 0.25) is 0 Å². The summed E-state index contributed by atoms with van der Waals surface area (Å²) in [4.78, 5) is 14.8. The highest BCUT2D eigenvalue weighted by Gasteiger charge is 2.34. The van der Waals surface area contributed by atoms with Gasteiger partial charge in [0.05, 0.1) is 17.9 Å². The topological polar surface area (TPSA) is 76.8 Å². The molecule has 0 aliphatic carbocycles. The zero-order chi connectivity index (χ0) is 13.2. The molecule has 0 bridgehead atoms. The Morgan fingerprint density at radius 2 is 2.37 bits per heavy atom. The molecular weight excluding hydrogens is 264 g/mol. The maximum absolute atomic E-state index is 12.3. The van der Waals surface area contributed by atoms with E-state index in [1.165, 1.54) is 11.5 Å². The summed E-state index contributed by atoms with van der Waals surface area (Å²) in [7, 11) is 0. The van der Waals surface area contributed by atoms with Gasteiger partial charge in [0.1, 0.15) is 4.88 Å². The molecule has 8 heteroatoms. The molecule has 1 saturated heterocycles. The van der Waals surface area contributed by atoms with Gasteiger partial charge in [-0.1, -0.05) is 23.0 Å². The Hall–Kier alpha value is -1.83. The third kappa shape index (κ3) is 2.23. The van der Waals surface area contributed by atoms with Crippen LogP contribution >= 0.6 is 11.5 Å². The Morgan fingerprint density at radius 3 is 3.05 bits per heavy atom. The average Bonchev–Trinajstić information content (AvgIpc) is 2.98. The minimum atomic E-state index is 0.0369. The molecule has 2 aromatic heterocycles. The van der Waals surface area contributed by atoms with Crippen molar-refractivity contribution in [2.24, 2.45) is 0 Å². The first-order chi connectivity index (χ1) is 9.29. The van der Waals surface area contributed by atoms with Crippen LogP contribution in [0, 0.1) is 0 Å². The van der Waals surface area contributed by atoms with E-state index in [4.69, 9.17) is 0 Å². The first-order valence-corrected chi connectivity index (χ1v) is 7.03. The van der Waals surface area contributed by atoms with E-state index in [9.17, 15) is 4.79 Å². The van der Waals surface area contributed by atoms with Gasteiger partial charge in [-0.05, 0) is 18.0 Å². The molecule has 0 atom stereocenters. The minimum Gasteiger partial charge on any atom is -0.333 e. The Morgan fingerprint density at radius 1 is 1.53 bits per heavy atom. The summed E-state index contributed by atoms with van der Waals surface area (Å²) in [6.07, 6.45) is 5.24. The number of amides is 1. The number of likely N-dealkylation sites (tertiary alicyclic amines) is 1. The van der Waals surface area contributed by atoms with Crippen LogP contribution in [0.25, 0.3) is 0 Å². The van der Waals surface area contributed by atoms with E-state index < -0.39 is 0 Å². The van der Waals surface area contributed by atoms with Gasteiger partial charge >= 0.3 is 0 Å². The van der Waals surface area contributed by atoms with Crippen LogP contribution in [0.5, 0.6) is 0 Å². The van der Waals surface area contributed by atoms with Crippen molar-refractivity contribution in [1.29, 1.82) is 0 Å². The van der Waals surface area contributed by atoms with Crippen molar-refractivity contribution in [2.75, 3.05) is 13.1 Å². The highest BCUT2D eigenvalue weighted by molar-refractivity contribution is 7.08. The molecule has 1 amide bonds. The molecule has 1 aliphatic heterocycles. The van der Waals surface area contributed by atoms with Crippen LogP contribution in [0.4, 0.5) is 0 Å². The third-order valence-corrected chi connectivity index (χ3v) is 3.96. The van der Waals surface area contributed by atoms with Crippen molar-refractivity contribution in [3.05, 3.63) is 23.0 Å². The molecule has 100 valence electrons. The standard InChI is InChI=1S/C11H14N6OS/c1-2-3-9-10(19-15-13-9)11(18)16-6-8(7-16)17-5-4-12-14-17/h4-5,8H,2-3,6-7H2,1H3. The number of carbonyl (C=O) groups is 1. The lowest BCUT2D eigenvalue weighted by Gasteiger charge is -2.38. The fourth-order valence-electron chi connectivity index (χ4n) is 2.12. The molecule has 7 nitrogen and oxygen atoms in total. The van der Waals surface area contributed by atoms with E-state index in [1.54, 1.807) is 15.8 Å². The zero-order valence-electron chi connectivity index (χ0n) is 10.6. The molecule has 1 aliphatic rings. The second-order valence-corrected chi connectivity index (χ2v) is 5.30. The highest BCUT2D eigenvalue weighted by Crippen LogP contribution is 2.24. The van der Waals surface area contributed by atoms with Gasteiger partial charge in [0.15, 0.2) is 0 Å². The predicted molar refractivity (Wildman–Crippen MR) is 68.9 cm³/mol. The number of hydrogen-bond donors (Lipinski definition) is 0. The molecule has 2 aromatic rings. The summed E-state index contributed by atoms with van der Waals surface area (Å²) >= 11 is 1.19. The summed E-state index contributed by atoms with van der Waals surface area (Å²) in [6.45, 7) is 3.41. The number of nitrogens with zero attached hydrogens (tertiary/aromatic N) is 6. The number of rotatable bonds is 4. The molecule has 0 spiro atoms. The van der Waals surface area contributed by atoms with Crippen LogP contribution in [0.3, 0.4) is 0 Å². The molecule has 0 unspecified atom stereocenters. The normalized spacial score (nSPS) is 15.5. The maximum atomic E-state index is 12.3. The Bertz CT molecular complexity index is 560. The summed E-state index contributed by atoms with van der Waals surface area (Å²) in [5.41, 5.74) is 0.821. The lowest BCUT2D eigenvalue weighted by atomic mass is 10.1. The molecular formula is C11H14N6OS.